The molecule has 3 aromatic carbocycles. The minimum absolute atomic E-state index is 0.0246. The average Bonchev–Trinajstić information content (AvgIpc) is 2.88. The van der Waals surface area contributed by atoms with Gasteiger partial charge in [-0.15, -0.1) is 0 Å². The zero-order valence-corrected chi connectivity index (χ0v) is 19.6. The van der Waals surface area contributed by atoms with Gasteiger partial charge in [0.2, 0.25) is 0 Å². The van der Waals surface area contributed by atoms with Crippen LogP contribution < -0.4 is 10.6 Å². The first kappa shape index (κ1) is 22.5. The van der Waals surface area contributed by atoms with Crippen molar-refractivity contribution >= 4 is 40.9 Å². The van der Waals surface area contributed by atoms with Gasteiger partial charge in [-0.1, -0.05) is 90.5 Å². The number of rotatable bonds is 5. The second kappa shape index (κ2) is 9.43. The standard InChI is InChI=1S/C27H24NO4P/c1-19-14-16-20(17-15-19)23-18-33(21-10-6-4-7-11-21,22-12-8-5-9-13-22)25(27(30)32-3)24(28-23)26(29)31-2/h4-18H,1-3H3. The lowest BCUT2D eigenvalue weighted by atomic mass is 10.1. The summed E-state index contributed by atoms with van der Waals surface area (Å²) in [4.78, 5) is 30.9. The molecule has 0 radical (unpaired) electrons. The summed E-state index contributed by atoms with van der Waals surface area (Å²) in [7, 11) is 2.60. The normalized spacial score (nSPS) is 14.7. The Morgan fingerprint density at radius 1 is 0.727 bits per heavy atom. The van der Waals surface area contributed by atoms with Gasteiger partial charge >= 0.3 is 11.9 Å². The van der Waals surface area contributed by atoms with E-state index in [1.165, 1.54) is 14.2 Å². The number of nitrogens with zero attached hydrogens (tertiary/aromatic N) is 1. The number of hydrogen-bond donors (Lipinski definition) is 0. The Hall–Kier alpha value is -3.69. The van der Waals surface area contributed by atoms with Crippen LogP contribution in [0.5, 0.6) is 0 Å². The van der Waals surface area contributed by atoms with Gasteiger partial charge in [0.05, 0.1) is 19.9 Å². The fourth-order valence-corrected chi connectivity index (χ4v) is 7.89. The Bertz CT molecular complexity index is 1260. The van der Waals surface area contributed by atoms with Crippen molar-refractivity contribution in [3.05, 3.63) is 107 Å². The van der Waals surface area contributed by atoms with Gasteiger partial charge < -0.3 is 9.47 Å². The van der Waals surface area contributed by atoms with Gasteiger partial charge in [-0.2, -0.15) is 0 Å². The molecule has 166 valence electrons. The van der Waals surface area contributed by atoms with Crippen LogP contribution in [0.3, 0.4) is 0 Å². The third kappa shape index (κ3) is 4.08. The molecule has 0 aliphatic carbocycles. The summed E-state index contributed by atoms with van der Waals surface area (Å²) in [6.07, 6.45) is 0. The van der Waals surface area contributed by atoms with Crippen molar-refractivity contribution in [2.45, 2.75) is 6.92 Å². The van der Waals surface area contributed by atoms with Gasteiger partial charge in [-0.3, -0.25) is 0 Å². The fraction of sp³-hybridized carbons (Fsp3) is 0.111. The van der Waals surface area contributed by atoms with Crippen molar-refractivity contribution in [2.75, 3.05) is 14.2 Å². The van der Waals surface area contributed by atoms with E-state index in [4.69, 9.17) is 9.47 Å². The topological polar surface area (TPSA) is 65.0 Å². The molecule has 0 fully saturated rings. The Kier molecular flexibility index (Phi) is 6.43. The first-order valence-electron chi connectivity index (χ1n) is 10.4. The predicted molar refractivity (Wildman–Crippen MR) is 134 cm³/mol. The lowest BCUT2D eigenvalue weighted by Gasteiger charge is -2.32. The SMILES string of the molecule is COC(=O)C1=C(C(=O)OC)P(c2ccccc2)(c2ccccc2)=CC(c2ccc(C)cc2)=N1. The molecule has 0 amide bonds. The largest absolute Gasteiger partial charge is 0.465 e. The Labute approximate surface area is 193 Å². The first-order valence-corrected chi connectivity index (χ1v) is 12.3. The van der Waals surface area contributed by atoms with Gasteiger partial charge in [0.15, 0.2) is 5.70 Å². The van der Waals surface area contributed by atoms with E-state index < -0.39 is 18.8 Å². The molecule has 1 aliphatic rings. The minimum Gasteiger partial charge on any atom is -0.465 e. The Morgan fingerprint density at radius 2 is 1.24 bits per heavy atom. The molecule has 33 heavy (non-hydrogen) atoms. The molecule has 3 aromatic rings. The monoisotopic (exact) mass is 457 g/mol. The number of esters is 2. The summed E-state index contributed by atoms with van der Waals surface area (Å²) in [6, 6.07) is 27.4. The van der Waals surface area contributed by atoms with Crippen LogP contribution in [0.2, 0.25) is 0 Å². The van der Waals surface area contributed by atoms with Gasteiger partial charge in [0, 0.05) is 5.56 Å². The fourth-order valence-electron chi connectivity index (χ4n) is 3.94. The molecule has 0 unspecified atom stereocenters. The highest BCUT2D eigenvalue weighted by Crippen LogP contribution is 2.56. The van der Waals surface area contributed by atoms with Crippen LogP contribution in [-0.4, -0.2) is 37.7 Å². The van der Waals surface area contributed by atoms with Crippen LogP contribution in [0.25, 0.3) is 0 Å². The van der Waals surface area contributed by atoms with Crippen molar-refractivity contribution < 1.29 is 19.1 Å². The van der Waals surface area contributed by atoms with E-state index >= 15 is 0 Å². The maximum absolute atomic E-state index is 13.3. The Balaban J connectivity index is 2.20. The van der Waals surface area contributed by atoms with Crippen LogP contribution in [0.4, 0.5) is 0 Å². The molecule has 4 rings (SSSR count). The van der Waals surface area contributed by atoms with Crippen LogP contribution in [0.15, 0.2) is 101 Å². The molecule has 1 aliphatic heterocycles. The second-order valence-electron chi connectivity index (χ2n) is 7.57. The third-order valence-electron chi connectivity index (χ3n) is 5.56. The van der Waals surface area contributed by atoms with Crippen LogP contribution in [0, 0.1) is 6.92 Å². The number of ether oxygens (including phenoxy) is 2. The smallest absolute Gasteiger partial charge is 0.357 e. The highest BCUT2D eigenvalue weighted by Gasteiger charge is 2.40. The highest BCUT2D eigenvalue weighted by molar-refractivity contribution is 7.93. The van der Waals surface area contributed by atoms with Crippen LogP contribution in [0.1, 0.15) is 11.1 Å². The van der Waals surface area contributed by atoms with Gasteiger partial charge in [0.25, 0.3) is 0 Å². The number of aliphatic imine (C=N–C) groups is 1. The van der Waals surface area contributed by atoms with E-state index in [0.29, 0.717) is 5.71 Å². The van der Waals surface area contributed by atoms with E-state index in [0.717, 1.165) is 21.7 Å². The second-order valence-corrected chi connectivity index (χ2v) is 10.7. The molecule has 0 N–H and O–H groups in total. The van der Waals surface area contributed by atoms with Crippen molar-refractivity contribution in [1.29, 1.82) is 0 Å². The zero-order chi connectivity index (χ0) is 23.4. The minimum atomic E-state index is -2.79. The number of benzene rings is 3. The van der Waals surface area contributed by atoms with E-state index in [9.17, 15) is 9.59 Å². The van der Waals surface area contributed by atoms with Crippen molar-refractivity contribution in [2.24, 2.45) is 4.99 Å². The molecule has 0 spiro atoms. The summed E-state index contributed by atoms with van der Waals surface area (Å²) < 4.78 is 10.3. The predicted octanol–water partition coefficient (Wildman–Crippen LogP) is 3.83. The summed E-state index contributed by atoms with van der Waals surface area (Å²) in [5.74, 6) is 0.768. The Morgan fingerprint density at radius 3 is 1.73 bits per heavy atom. The number of carbonyl (C=O) groups excluding carboxylic acids is 2. The van der Waals surface area contributed by atoms with E-state index in [1.807, 2.05) is 97.6 Å². The molecule has 0 bridgehead atoms. The molecular weight excluding hydrogens is 433 g/mol. The summed E-state index contributed by atoms with van der Waals surface area (Å²) in [5, 5.41) is 2.06. The first-order chi connectivity index (χ1) is 16.0. The van der Waals surface area contributed by atoms with Gasteiger partial charge in [0.1, 0.15) is 5.31 Å². The van der Waals surface area contributed by atoms with Crippen molar-refractivity contribution in [3.8, 4) is 0 Å². The van der Waals surface area contributed by atoms with Gasteiger partial charge in [-0.05, 0) is 30.2 Å². The lowest BCUT2D eigenvalue weighted by molar-refractivity contribution is -0.138. The molecule has 0 saturated heterocycles. The number of aryl methyl sites for hydroxylation is 1. The molecule has 5 nitrogen and oxygen atoms in total. The van der Waals surface area contributed by atoms with Gasteiger partial charge in [-0.25, -0.2) is 14.6 Å². The molecule has 0 aromatic heterocycles. The summed E-state index contributed by atoms with van der Waals surface area (Å²) >= 11 is 0. The maximum atomic E-state index is 13.3. The average molecular weight is 457 g/mol. The van der Waals surface area contributed by atoms with E-state index in [2.05, 4.69) is 4.99 Å². The van der Waals surface area contributed by atoms with Crippen molar-refractivity contribution in [3.63, 3.8) is 0 Å². The molecule has 1 heterocycles. The molecule has 0 saturated carbocycles. The highest BCUT2D eigenvalue weighted by atomic mass is 31.2. The number of hydrogen-bond acceptors (Lipinski definition) is 5. The summed E-state index contributed by atoms with van der Waals surface area (Å²) in [6.45, 7) is -0.776. The number of methoxy groups -OCH3 is 2. The quantitative estimate of drug-likeness (QED) is 0.432. The third-order valence-corrected chi connectivity index (χ3v) is 9.51. The van der Waals surface area contributed by atoms with E-state index in [-0.39, 0.29) is 11.0 Å². The number of carbonyl (C=O) groups is 2. The molecular formula is C27H24NO4P. The van der Waals surface area contributed by atoms with E-state index in [1.54, 1.807) is 0 Å². The maximum Gasteiger partial charge on any atom is 0.357 e. The van der Waals surface area contributed by atoms with Crippen LogP contribution in [-0.2, 0) is 19.1 Å². The zero-order valence-electron chi connectivity index (χ0n) is 18.7. The van der Waals surface area contributed by atoms with Crippen LogP contribution >= 0.6 is 6.89 Å². The summed E-state index contributed by atoms with van der Waals surface area (Å²) in [5.41, 5.74) is 2.55. The lowest BCUT2D eigenvalue weighted by Crippen LogP contribution is -2.30. The molecule has 6 heteroatoms. The van der Waals surface area contributed by atoms with Crippen molar-refractivity contribution in [1.82, 2.24) is 0 Å². The molecule has 0 atom stereocenters.